The molecule has 0 fully saturated rings. The van der Waals surface area contributed by atoms with Gasteiger partial charge in [-0.1, -0.05) is 0 Å². The van der Waals surface area contributed by atoms with Crippen molar-refractivity contribution >= 4 is 5.97 Å². The minimum atomic E-state index is -1.28. The van der Waals surface area contributed by atoms with Gasteiger partial charge < -0.3 is 0 Å². The molecule has 1 unspecified atom stereocenters. The Morgan fingerprint density at radius 3 is 2.21 bits per heavy atom. The summed E-state index contributed by atoms with van der Waals surface area (Å²) in [5.74, 6) is -0.539. The van der Waals surface area contributed by atoms with Crippen LogP contribution in [0.2, 0.25) is 0 Å². The first-order valence-electron chi connectivity index (χ1n) is 4.24. The predicted molar refractivity (Wildman–Crippen MR) is 51.1 cm³/mol. The van der Waals surface area contributed by atoms with Gasteiger partial charge in [-0.3, -0.25) is 0 Å². The van der Waals surface area contributed by atoms with Crippen molar-refractivity contribution in [2.75, 3.05) is 16.5 Å². The zero-order chi connectivity index (χ0) is 11.4. The Morgan fingerprint density at radius 2 is 1.93 bits per heavy atom. The predicted octanol–water partition coefficient (Wildman–Crippen LogP) is -4.40. The fourth-order valence-electron chi connectivity index (χ4n) is 1.19. The van der Waals surface area contributed by atoms with E-state index in [9.17, 15) is 4.79 Å². The third-order valence-corrected chi connectivity index (χ3v) is 4.32. The van der Waals surface area contributed by atoms with Gasteiger partial charge in [-0.2, -0.15) is 0 Å². The number of alkyl halides is 2. The van der Waals surface area contributed by atoms with Gasteiger partial charge in [0.2, 0.25) is 0 Å². The van der Waals surface area contributed by atoms with Crippen molar-refractivity contribution in [1.29, 1.82) is 0 Å². The third kappa shape index (κ3) is 2.56. The summed E-state index contributed by atoms with van der Waals surface area (Å²) in [5, 5.41) is 0. The fourth-order valence-corrected chi connectivity index (χ4v) is 3.13. The molecule has 0 saturated heterocycles. The minimum absolute atomic E-state index is 0.123. The van der Waals surface area contributed by atoms with Crippen LogP contribution in [0.1, 0.15) is 13.3 Å². The summed E-state index contributed by atoms with van der Waals surface area (Å²) in [6.07, 6.45) is 0.371. The van der Waals surface area contributed by atoms with E-state index in [0.717, 1.165) is 0 Å². The van der Waals surface area contributed by atoms with Crippen molar-refractivity contribution in [1.82, 2.24) is 0 Å². The molecule has 0 aromatic rings. The summed E-state index contributed by atoms with van der Waals surface area (Å²) in [7, 11) is 1.29. The van der Waals surface area contributed by atoms with Crippen LogP contribution in [-0.2, 0) is 9.53 Å². The van der Waals surface area contributed by atoms with E-state index in [4.69, 9.17) is 17.2 Å². The number of nitrogens with two attached hydrogens (primary N) is 3. The van der Waals surface area contributed by atoms with Crippen LogP contribution in [0.4, 0.5) is 0 Å². The number of hydrogen-bond donors (Lipinski definition) is 3. The number of hydrogen-bond acceptors (Lipinski definition) is 5. The second kappa shape index (κ2) is 5.24. The molecule has 0 rings (SSSR count). The van der Waals surface area contributed by atoms with Gasteiger partial charge in [-0.05, 0) is 0 Å². The molecule has 6 N–H and O–H groups in total. The van der Waals surface area contributed by atoms with Crippen molar-refractivity contribution in [3.63, 3.8) is 0 Å². The SMILES string of the molecule is CCC(N)(C(=O)OC)C(N)(N)C[I-]C. The van der Waals surface area contributed by atoms with Crippen LogP contribution < -0.4 is 38.4 Å². The van der Waals surface area contributed by atoms with Crippen molar-refractivity contribution in [2.24, 2.45) is 17.2 Å². The van der Waals surface area contributed by atoms with Crippen LogP contribution in [0.3, 0.4) is 0 Å². The number of ether oxygens (including phenoxy) is 1. The van der Waals surface area contributed by atoms with Crippen LogP contribution in [0.25, 0.3) is 0 Å². The molecule has 0 aliphatic rings. The average molecular weight is 316 g/mol. The summed E-state index contributed by atoms with van der Waals surface area (Å²) in [4.78, 5) is 13.5. The monoisotopic (exact) mass is 316 g/mol. The van der Waals surface area contributed by atoms with E-state index in [1.807, 2.05) is 4.93 Å². The van der Waals surface area contributed by atoms with E-state index in [0.29, 0.717) is 10.8 Å². The quantitative estimate of drug-likeness (QED) is 0.206. The van der Waals surface area contributed by atoms with Crippen LogP contribution in [0.5, 0.6) is 0 Å². The Kier molecular flexibility index (Phi) is 5.27. The normalized spacial score (nSPS) is 16.4. The molecule has 0 spiro atoms. The molecule has 0 amide bonds. The van der Waals surface area contributed by atoms with Crippen molar-refractivity contribution in [3.8, 4) is 0 Å². The van der Waals surface area contributed by atoms with Gasteiger partial charge in [-0.25, -0.2) is 0 Å². The first kappa shape index (κ1) is 14.1. The van der Waals surface area contributed by atoms with E-state index in [2.05, 4.69) is 4.74 Å². The third-order valence-electron chi connectivity index (χ3n) is 2.29. The molecule has 86 valence electrons. The van der Waals surface area contributed by atoms with Gasteiger partial charge in [0, 0.05) is 0 Å². The molecule has 5 nitrogen and oxygen atoms in total. The molecule has 0 aliphatic heterocycles. The van der Waals surface area contributed by atoms with E-state index in [1.54, 1.807) is 6.92 Å². The number of halogens is 1. The molecule has 0 aromatic carbocycles. The van der Waals surface area contributed by atoms with E-state index in [-0.39, 0.29) is 21.2 Å². The zero-order valence-electron chi connectivity index (χ0n) is 8.84. The first-order valence-corrected chi connectivity index (χ1v) is 7.93. The number of methoxy groups -OCH3 is 1. The molecule has 0 aromatic heterocycles. The van der Waals surface area contributed by atoms with Gasteiger partial charge in [0.25, 0.3) is 0 Å². The topological polar surface area (TPSA) is 104 Å². The molecule has 0 saturated carbocycles. The van der Waals surface area contributed by atoms with Crippen LogP contribution in [0, 0.1) is 0 Å². The first-order chi connectivity index (χ1) is 6.35. The van der Waals surface area contributed by atoms with Gasteiger partial charge >= 0.3 is 94.9 Å². The van der Waals surface area contributed by atoms with Crippen LogP contribution in [0.15, 0.2) is 0 Å². The molecule has 1 atom stereocenters. The molecule has 0 aliphatic carbocycles. The Hall–Kier alpha value is 0.0800. The summed E-state index contributed by atoms with van der Waals surface area (Å²) in [5.41, 5.74) is 15.2. The standard InChI is InChI=1S/C8H19IN3O2/c1-4-7(10,6(13)14-3)8(11,12)5-9-2/h4-5,10-12H2,1-3H3/q-1. The van der Waals surface area contributed by atoms with E-state index in [1.165, 1.54) is 7.11 Å². The van der Waals surface area contributed by atoms with E-state index >= 15 is 0 Å². The molecular weight excluding hydrogens is 297 g/mol. The Morgan fingerprint density at radius 1 is 1.43 bits per heavy atom. The maximum absolute atomic E-state index is 11.5. The average Bonchev–Trinajstić information content (AvgIpc) is 2.14. The van der Waals surface area contributed by atoms with Crippen LogP contribution >= 0.6 is 0 Å². The van der Waals surface area contributed by atoms with Gasteiger partial charge in [0.05, 0.1) is 0 Å². The molecule has 0 radical (unpaired) electrons. The van der Waals surface area contributed by atoms with Gasteiger partial charge in [0.1, 0.15) is 0 Å². The summed E-state index contributed by atoms with van der Waals surface area (Å²) in [6, 6.07) is 0. The molecule has 0 bridgehead atoms. The number of rotatable bonds is 5. The Balaban J connectivity index is 4.91. The fraction of sp³-hybridized carbons (Fsp3) is 0.875. The second-order valence-corrected chi connectivity index (χ2v) is 5.55. The Bertz CT molecular complexity index is 211. The Labute approximate surface area is 95.0 Å². The van der Waals surface area contributed by atoms with Crippen molar-refractivity contribution in [3.05, 3.63) is 0 Å². The molecule has 14 heavy (non-hydrogen) atoms. The molecular formula is C8H19IN3O2-. The maximum atomic E-state index is 11.5. The second-order valence-electron chi connectivity index (χ2n) is 3.26. The number of esters is 1. The van der Waals surface area contributed by atoms with Gasteiger partial charge in [-0.15, -0.1) is 0 Å². The van der Waals surface area contributed by atoms with E-state index < -0.39 is 17.2 Å². The summed E-state index contributed by atoms with van der Waals surface area (Å²) >= 11 is -0.123. The number of carbonyl (C=O) groups excluding carboxylic acids is 1. The van der Waals surface area contributed by atoms with Crippen molar-refractivity contribution in [2.45, 2.75) is 24.5 Å². The van der Waals surface area contributed by atoms with Crippen LogP contribution in [-0.4, -0.2) is 33.6 Å². The van der Waals surface area contributed by atoms with Crippen molar-refractivity contribution < 1.29 is 30.7 Å². The molecule has 6 heteroatoms. The summed E-state index contributed by atoms with van der Waals surface area (Å²) in [6.45, 7) is 1.78. The number of carbonyl (C=O) groups is 1. The molecule has 0 heterocycles. The summed E-state index contributed by atoms with van der Waals surface area (Å²) < 4.78 is 5.22. The van der Waals surface area contributed by atoms with Gasteiger partial charge in [0.15, 0.2) is 0 Å². The zero-order valence-corrected chi connectivity index (χ0v) is 11.0.